The van der Waals surface area contributed by atoms with Gasteiger partial charge in [0.2, 0.25) is 5.91 Å². The Bertz CT molecular complexity index is 345. The van der Waals surface area contributed by atoms with Crippen LogP contribution in [-0.4, -0.2) is 60.0 Å². The number of rotatable bonds is 3. The first-order chi connectivity index (χ1) is 8.49. The molecule has 2 saturated heterocycles. The Hall–Kier alpha value is -1.30. The van der Waals surface area contributed by atoms with Gasteiger partial charge in [0.05, 0.1) is 12.1 Å². The summed E-state index contributed by atoms with van der Waals surface area (Å²) in [5.41, 5.74) is 5.93. The summed E-state index contributed by atoms with van der Waals surface area (Å²) >= 11 is 0. The smallest absolute Gasteiger partial charge is 0.317 e. The van der Waals surface area contributed by atoms with E-state index in [9.17, 15) is 9.59 Å². The maximum Gasteiger partial charge on any atom is 0.317 e. The van der Waals surface area contributed by atoms with Crippen molar-refractivity contribution in [2.45, 2.75) is 32.4 Å². The molecule has 3 amide bonds. The fraction of sp³-hybridized carbons (Fsp3) is 0.833. The van der Waals surface area contributed by atoms with Crippen molar-refractivity contribution in [1.82, 2.24) is 15.1 Å². The van der Waals surface area contributed by atoms with Crippen LogP contribution >= 0.6 is 0 Å². The number of carbonyl (C=O) groups is 2. The van der Waals surface area contributed by atoms with E-state index in [-0.39, 0.29) is 18.0 Å². The second kappa shape index (κ2) is 5.14. The number of piperazine rings is 1. The zero-order valence-electron chi connectivity index (χ0n) is 11.1. The van der Waals surface area contributed by atoms with Crippen LogP contribution in [0.4, 0.5) is 4.79 Å². The Morgan fingerprint density at radius 1 is 1.50 bits per heavy atom. The van der Waals surface area contributed by atoms with E-state index in [1.54, 1.807) is 9.80 Å². The van der Waals surface area contributed by atoms with Crippen molar-refractivity contribution in [3.8, 4) is 0 Å². The quantitative estimate of drug-likeness (QED) is 0.719. The molecule has 0 aromatic rings. The van der Waals surface area contributed by atoms with Crippen LogP contribution in [0.5, 0.6) is 0 Å². The molecule has 102 valence electrons. The third-order valence-electron chi connectivity index (χ3n) is 3.59. The van der Waals surface area contributed by atoms with E-state index >= 15 is 0 Å². The van der Waals surface area contributed by atoms with E-state index in [4.69, 9.17) is 5.73 Å². The molecule has 0 aliphatic carbocycles. The molecule has 6 nitrogen and oxygen atoms in total. The van der Waals surface area contributed by atoms with Crippen molar-refractivity contribution >= 4 is 11.9 Å². The number of carbonyl (C=O) groups excluding carboxylic acids is 2. The highest BCUT2D eigenvalue weighted by atomic mass is 16.2. The zero-order valence-corrected chi connectivity index (χ0v) is 11.1. The first-order valence-corrected chi connectivity index (χ1v) is 6.58. The molecular weight excluding hydrogens is 232 g/mol. The molecule has 1 unspecified atom stereocenters. The summed E-state index contributed by atoms with van der Waals surface area (Å²) in [6, 6.07) is -0.318. The molecule has 2 aliphatic heterocycles. The van der Waals surface area contributed by atoms with Gasteiger partial charge < -0.3 is 20.9 Å². The summed E-state index contributed by atoms with van der Waals surface area (Å²) in [5, 5.41) is 2.80. The Balaban J connectivity index is 1.91. The Kier molecular flexibility index (Phi) is 3.75. The minimum absolute atomic E-state index is 0.0152. The molecule has 2 atom stereocenters. The fourth-order valence-electron chi connectivity index (χ4n) is 2.65. The lowest BCUT2D eigenvalue weighted by Gasteiger charge is -2.37. The highest BCUT2D eigenvalue weighted by molar-refractivity contribution is 5.83. The second-order valence-electron chi connectivity index (χ2n) is 5.55. The number of nitrogens with two attached hydrogens (primary N) is 1. The molecule has 2 fully saturated rings. The lowest BCUT2D eigenvalue weighted by molar-refractivity contribution is -0.135. The molecule has 18 heavy (non-hydrogen) atoms. The minimum Gasteiger partial charge on any atom is -0.337 e. The summed E-state index contributed by atoms with van der Waals surface area (Å²) in [5.74, 6) is 0.433. The third-order valence-corrected chi connectivity index (χ3v) is 3.59. The van der Waals surface area contributed by atoms with Gasteiger partial charge in [-0.25, -0.2) is 4.79 Å². The molecule has 0 aromatic heterocycles. The molecule has 2 aliphatic rings. The molecule has 0 aromatic carbocycles. The van der Waals surface area contributed by atoms with Gasteiger partial charge in [0, 0.05) is 26.2 Å². The average molecular weight is 254 g/mol. The number of amides is 3. The van der Waals surface area contributed by atoms with E-state index in [1.807, 2.05) is 0 Å². The van der Waals surface area contributed by atoms with Crippen LogP contribution in [-0.2, 0) is 4.79 Å². The van der Waals surface area contributed by atoms with Crippen molar-refractivity contribution in [2.24, 2.45) is 11.7 Å². The predicted octanol–water partition coefficient (Wildman–Crippen LogP) is -0.404. The number of nitrogens with one attached hydrogen (secondary N) is 1. The Labute approximate surface area is 107 Å². The normalized spacial score (nSPS) is 25.1. The van der Waals surface area contributed by atoms with Gasteiger partial charge in [-0.15, -0.1) is 0 Å². The molecule has 2 heterocycles. The van der Waals surface area contributed by atoms with Crippen LogP contribution in [0, 0.1) is 5.92 Å². The van der Waals surface area contributed by atoms with Gasteiger partial charge >= 0.3 is 6.03 Å². The van der Waals surface area contributed by atoms with Gasteiger partial charge in [-0.2, -0.15) is 0 Å². The summed E-state index contributed by atoms with van der Waals surface area (Å²) in [6.07, 6.45) is 0.709. The van der Waals surface area contributed by atoms with Crippen LogP contribution in [0.1, 0.15) is 20.3 Å². The largest absolute Gasteiger partial charge is 0.337 e. The monoisotopic (exact) mass is 254 g/mol. The summed E-state index contributed by atoms with van der Waals surface area (Å²) in [6.45, 7) is 6.55. The van der Waals surface area contributed by atoms with Crippen molar-refractivity contribution in [2.75, 3.05) is 26.2 Å². The number of fused-ring (bicyclic) bond motifs is 1. The maximum atomic E-state index is 12.2. The Morgan fingerprint density at radius 3 is 2.89 bits per heavy atom. The van der Waals surface area contributed by atoms with Gasteiger partial charge in [0.25, 0.3) is 0 Å². The highest BCUT2D eigenvalue weighted by Gasteiger charge is 2.37. The molecule has 0 bridgehead atoms. The van der Waals surface area contributed by atoms with Crippen molar-refractivity contribution < 1.29 is 9.59 Å². The summed E-state index contributed by atoms with van der Waals surface area (Å²) in [4.78, 5) is 27.2. The zero-order chi connectivity index (χ0) is 13.3. The van der Waals surface area contributed by atoms with Crippen LogP contribution in [0.25, 0.3) is 0 Å². The summed E-state index contributed by atoms with van der Waals surface area (Å²) in [7, 11) is 0. The minimum atomic E-state index is -0.415. The summed E-state index contributed by atoms with van der Waals surface area (Å²) < 4.78 is 0. The standard InChI is InChI=1S/C12H22N4O2/c1-8(2)5-10(13)11(17)15-3-4-16-9(7-15)6-14-12(16)18/h8-10H,3-7,13H2,1-2H3,(H,14,18)/t9?,10-/m0/s1. The molecule has 0 saturated carbocycles. The molecule has 0 spiro atoms. The average Bonchev–Trinajstić information content (AvgIpc) is 2.69. The first-order valence-electron chi connectivity index (χ1n) is 6.58. The molecule has 3 N–H and O–H groups in total. The lowest BCUT2D eigenvalue weighted by atomic mass is 10.0. The van der Waals surface area contributed by atoms with Crippen molar-refractivity contribution in [1.29, 1.82) is 0 Å². The number of urea groups is 1. The third kappa shape index (κ3) is 2.58. The SMILES string of the molecule is CC(C)C[C@H](N)C(=O)N1CCN2C(=O)NCC2C1. The number of hydrogen-bond donors (Lipinski definition) is 2. The predicted molar refractivity (Wildman–Crippen MR) is 67.9 cm³/mol. The highest BCUT2D eigenvalue weighted by Crippen LogP contribution is 2.15. The van der Waals surface area contributed by atoms with Gasteiger partial charge in [0.15, 0.2) is 0 Å². The van der Waals surface area contributed by atoms with Crippen LogP contribution < -0.4 is 11.1 Å². The van der Waals surface area contributed by atoms with E-state index in [0.29, 0.717) is 38.5 Å². The lowest BCUT2D eigenvalue weighted by Crippen LogP contribution is -2.57. The maximum absolute atomic E-state index is 12.2. The van der Waals surface area contributed by atoms with E-state index in [0.717, 1.165) is 0 Å². The van der Waals surface area contributed by atoms with Crippen molar-refractivity contribution in [3.63, 3.8) is 0 Å². The molecule has 0 radical (unpaired) electrons. The van der Waals surface area contributed by atoms with Gasteiger partial charge in [-0.3, -0.25) is 4.79 Å². The molecule has 2 rings (SSSR count). The van der Waals surface area contributed by atoms with E-state index < -0.39 is 6.04 Å². The second-order valence-corrected chi connectivity index (χ2v) is 5.55. The van der Waals surface area contributed by atoms with Gasteiger partial charge in [0.1, 0.15) is 0 Å². The van der Waals surface area contributed by atoms with E-state index in [2.05, 4.69) is 19.2 Å². The van der Waals surface area contributed by atoms with Crippen molar-refractivity contribution in [3.05, 3.63) is 0 Å². The Morgan fingerprint density at radius 2 is 2.22 bits per heavy atom. The molecule has 6 heteroatoms. The van der Waals surface area contributed by atoms with Crippen LogP contribution in [0.3, 0.4) is 0 Å². The van der Waals surface area contributed by atoms with Crippen LogP contribution in [0.2, 0.25) is 0 Å². The van der Waals surface area contributed by atoms with Gasteiger partial charge in [-0.05, 0) is 12.3 Å². The topological polar surface area (TPSA) is 78.7 Å². The van der Waals surface area contributed by atoms with Crippen LogP contribution in [0.15, 0.2) is 0 Å². The first kappa shape index (κ1) is 13.1. The number of hydrogen-bond acceptors (Lipinski definition) is 3. The van der Waals surface area contributed by atoms with E-state index in [1.165, 1.54) is 0 Å². The number of nitrogens with zero attached hydrogens (tertiary/aromatic N) is 2. The fourth-order valence-corrected chi connectivity index (χ4v) is 2.65. The van der Waals surface area contributed by atoms with Gasteiger partial charge in [-0.1, -0.05) is 13.8 Å². The molecular formula is C12H22N4O2.